The Bertz CT molecular complexity index is 861. The van der Waals surface area contributed by atoms with E-state index in [1.807, 2.05) is 67.1 Å². The van der Waals surface area contributed by atoms with Gasteiger partial charge in [-0.15, -0.1) is 0 Å². The maximum atomic E-state index is 12.6. The Hall–Kier alpha value is -2.20. The van der Waals surface area contributed by atoms with Crippen molar-refractivity contribution in [1.29, 1.82) is 0 Å². The minimum absolute atomic E-state index is 0.0733. The van der Waals surface area contributed by atoms with Crippen molar-refractivity contribution in [3.05, 3.63) is 65.0 Å². The van der Waals surface area contributed by atoms with Gasteiger partial charge in [0.05, 0.1) is 16.1 Å². The van der Waals surface area contributed by atoms with Gasteiger partial charge in [-0.3, -0.25) is 4.79 Å². The molecule has 0 aliphatic rings. The summed E-state index contributed by atoms with van der Waals surface area (Å²) in [5, 5.41) is 0. The SMILES string of the molecule is CC[C@@H](C(=O)N=c1sc2ccccc2n1C)c1ccccc1. The number of thiazole rings is 1. The molecule has 0 spiro atoms. The second-order valence-corrected chi connectivity index (χ2v) is 6.24. The number of fused-ring (bicyclic) bond motifs is 1. The summed E-state index contributed by atoms with van der Waals surface area (Å²) in [5.74, 6) is -0.248. The maximum absolute atomic E-state index is 12.6. The number of benzene rings is 2. The molecule has 0 N–H and O–H groups in total. The van der Waals surface area contributed by atoms with Gasteiger partial charge in [0.25, 0.3) is 5.91 Å². The molecule has 0 saturated heterocycles. The van der Waals surface area contributed by atoms with Crippen LogP contribution in [0.5, 0.6) is 0 Å². The molecule has 1 amide bonds. The zero-order valence-electron chi connectivity index (χ0n) is 12.7. The van der Waals surface area contributed by atoms with Crippen molar-refractivity contribution in [3.8, 4) is 0 Å². The summed E-state index contributed by atoms with van der Waals surface area (Å²) in [4.78, 5) is 17.7. The molecule has 3 rings (SSSR count). The Morgan fingerprint density at radius 1 is 1.14 bits per heavy atom. The highest BCUT2D eigenvalue weighted by Gasteiger charge is 2.18. The highest BCUT2D eigenvalue weighted by Crippen LogP contribution is 2.21. The van der Waals surface area contributed by atoms with Crippen LogP contribution in [-0.4, -0.2) is 10.5 Å². The largest absolute Gasteiger partial charge is 0.319 e. The lowest BCUT2D eigenvalue weighted by atomic mass is 9.96. The molecule has 0 unspecified atom stereocenters. The number of aryl methyl sites for hydroxylation is 1. The summed E-state index contributed by atoms with van der Waals surface area (Å²) in [6.07, 6.45) is 0.751. The lowest BCUT2D eigenvalue weighted by molar-refractivity contribution is -0.119. The van der Waals surface area contributed by atoms with Crippen LogP contribution in [0.3, 0.4) is 0 Å². The number of para-hydroxylation sites is 1. The monoisotopic (exact) mass is 310 g/mol. The van der Waals surface area contributed by atoms with E-state index in [9.17, 15) is 4.79 Å². The molecule has 3 nitrogen and oxygen atoms in total. The Morgan fingerprint density at radius 2 is 1.82 bits per heavy atom. The van der Waals surface area contributed by atoms with E-state index in [1.165, 1.54) is 0 Å². The van der Waals surface area contributed by atoms with Gasteiger partial charge in [-0.2, -0.15) is 4.99 Å². The first-order valence-electron chi connectivity index (χ1n) is 7.38. The molecule has 4 heteroatoms. The first-order valence-corrected chi connectivity index (χ1v) is 8.20. The van der Waals surface area contributed by atoms with Crippen LogP contribution in [0.2, 0.25) is 0 Å². The van der Waals surface area contributed by atoms with Gasteiger partial charge in [0.15, 0.2) is 4.80 Å². The molecule has 0 aliphatic carbocycles. The fourth-order valence-corrected chi connectivity index (χ4v) is 3.62. The normalized spacial score (nSPS) is 13.5. The topological polar surface area (TPSA) is 34.4 Å². The average molecular weight is 310 g/mol. The van der Waals surface area contributed by atoms with Crippen LogP contribution in [0.1, 0.15) is 24.8 Å². The van der Waals surface area contributed by atoms with E-state index in [-0.39, 0.29) is 11.8 Å². The van der Waals surface area contributed by atoms with Crippen molar-refractivity contribution >= 4 is 27.5 Å². The molecule has 0 aliphatic heterocycles. The smallest absolute Gasteiger partial charge is 0.255 e. The first kappa shape index (κ1) is 14.7. The van der Waals surface area contributed by atoms with Crippen LogP contribution in [0.15, 0.2) is 59.6 Å². The fourth-order valence-electron chi connectivity index (χ4n) is 2.60. The molecular formula is C18H18N2OS. The van der Waals surface area contributed by atoms with Gasteiger partial charge in [0.2, 0.25) is 0 Å². The van der Waals surface area contributed by atoms with Gasteiger partial charge in [-0.1, -0.05) is 60.7 Å². The van der Waals surface area contributed by atoms with Gasteiger partial charge in [0, 0.05) is 7.05 Å². The Labute approximate surface area is 133 Å². The minimum atomic E-state index is -0.175. The molecular weight excluding hydrogens is 292 g/mol. The van der Waals surface area contributed by atoms with Crippen LogP contribution in [0, 0.1) is 0 Å². The van der Waals surface area contributed by atoms with Gasteiger partial charge >= 0.3 is 0 Å². The Morgan fingerprint density at radius 3 is 2.50 bits per heavy atom. The van der Waals surface area contributed by atoms with Crippen LogP contribution in [-0.2, 0) is 11.8 Å². The lowest BCUT2D eigenvalue weighted by Crippen LogP contribution is -2.17. The summed E-state index contributed by atoms with van der Waals surface area (Å²) in [7, 11) is 1.95. The maximum Gasteiger partial charge on any atom is 0.255 e. The number of nitrogens with zero attached hydrogens (tertiary/aromatic N) is 2. The Kier molecular flexibility index (Phi) is 4.20. The van der Waals surface area contributed by atoms with Crippen LogP contribution < -0.4 is 4.80 Å². The van der Waals surface area contributed by atoms with Gasteiger partial charge < -0.3 is 4.57 Å². The molecule has 0 saturated carbocycles. The summed E-state index contributed by atoms with van der Waals surface area (Å²) in [6.45, 7) is 2.02. The lowest BCUT2D eigenvalue weighted by Gasteiger charge is -2.10. The quantitative estimate of drug-likeness (QED) is 0.723. The highest BCUT2D eigenvalue weighted by molar-refractivity contribution is 7.16. The van der Waals surface area contributed by atoms with Crippen LogP contribution >= 0.6 is 11.3 Å². The highest BCUT2D eigenvalue weighted by atomic mass is 32.1. The van der Waals surface area contributed by atoms with Crippen molar-refractivity contribution in [2.45, 2.75) is 19.3 Å². The molecule has 0 fully saturated rings. The van der Waals surface area contributed by atoms with Crippen molar-refractivity contribution in [2.24, 2.45) is 12.0 Å². The third-order valence-corrected chi connectivity index (χ3v) is 4.94. The molecule has 0 bridgehead atoms. The van der Waals surface area contributed by atoms with E-state index in [0.29, 0.717) is 0 Å². The van der Waals surface area contributed by atoms with E-state index in [2.05, 4.69) is 11.1 Å². The fraction of sp³-hybridized carbons (Fsp3) is 0.222. The molecule has 1 heterocycles. The number of carbonyl (C=O) groups excluding carboxylic acids is 1. The minimum Gasteiger partial charge on any atom is -0.319 e. The summed E-state index contributed by atoms with van der Waals surface area (Å²) >= 11 is 1.55. The number of hydrogen-bond acceptors (Lipinski definition) is 2. The molecule has 22 heavy (non-hydrogen) atoms. The van der Waals surface area contributed by atoms with Crippen molar-refractivity contribution in [1.82, 2.24) is 4.57 Å². The van der Waals surface area contributed by atoms with Gasteiger partial charge in [-0.05, 0) is 24.1 Å². The van der Waals surface area contributed by atoms with Gasteiger partial charge in [-0.25, -0.2) is 0 Å². The molecule has 3 aromatic rings. The Balaban J connectivity index is 2.02. The van der Waals surface area contributed by atoms with Crippen LogP contribution in [0.25, 0.3) is 10.2 Å². The van der Waals surface area contributed by atoms with E-state index < -0.39 is 0 Å². The first-order chi connectivity index (χ1) is 10.7. The van der Waals surface area contributed by atoms with Crippen molar-refractivity contribution < 1.29 is 4.79 Å². The summed E-state index contributed by atoms with van der Waals surface area (Å²) in [5.41, 5.74) is 2.13. The zero-order valence-corrected chi connectivity index (χ0v) is 13.5. The summed E-state index contributed by atoms with van der Waals surface area (Å²) < 4.78 is 3.12. The van der Waals surface area contributed by atoms with E-state index in [0.717, 1.165) is 27.0 Å². The predicted molar refractivity (Wildman–Crippen MR) is 90.8 cm³/mol. The second-order valence-electron chi connectivity index (χ2n) is 5.23. The molecule has 1 atom stereocenters. The third kappa shape index (κ3) is 2.74. The third-order valence-electron chi connectivity index (χ3n) is 3.83. The predicted octanol–water partition coefficient (Wildman–Crippen LogP) is 3.86. The summed E-state index contributed by atoms with van der Waals surface area (Å²) in [6, 6.07) is 18.0. The molecule has 1 aromatic heterocycles. The molecule has 112 valence electrons. The second kappa shape index (κ2) is 6.28. The van der Waals surface area contributed by atoms with Gasteiger partial charge in [0.1, 0.15) is 0 Å². The number of carbonyl (C=O) groups is 1. The van der Waals surface area contributed by atoms with E-state index in [1.54, 1.807) is 11.3 Å². The van der Waals surface area contributed by atoms with E-state index >= 15 is 0 Å². The van der Waals surface area contributed by atoms with Crippen LogP contribution in [0.4, 0.5) is 0 Å². The number of amides is 1. The number of rotatable bonds is 3. The van der Waals surface area contributed by atoms with Crippen molar-refractivity contribution in [3.63, 3.8) is 0 Å². The zero-order chi connectivity index (χ0) is 15.5. The standard InChI is InChI=1S/C18H18N2OS/c1-3-14(13-9-5-4-6-10-13)17(21)19-18-20(2)15-11-7-8-12-16(15)22-18/h4-12,14H,3H2,1-2H3/t14-/m1/s1. The number of aromatic nitrogens is 1. The molecule has 2 aromatic carbocycles. The number of hydrogen-bond donors (Lipinski definition) is 0. The average Bonchev–Trinajstić information content (AvgIpc) is 2.86. The van der Waals surface area contributed by atoms with E-state index in [4.69, 9.17) is 0 Å². The molecule has 0 radical (unpaired) electrons. The van der Waals surface area contributed by atoms with Crippen molar-refractivity contribution in [2.75, 3.05) is 0 Å².